The Hall–Kier alpha value is -0.340. The monoisotopic (exact) mass is 242 g/mol. The Bertz CT molecular complexity index is 260. The normalized spacial score (nSPS) is 12.8. The number of hydrogen-bond donors (Lipinski definition) is 1. The Morgan fingerprint density at radius 2 is 2.08 bits per heavy atom. The molecule has 0 amide bonds. The maximum absolute atomic E-state index is 9.80. The van der Waals surface area contributed by atoms with E-state index in [1.807, 2.05) is 24.3 Å². The highest BCUT2D eigenvalue weighted by molar-refractivity contribution is 9.10. The van der Waals surface area contributed by atoms with E-state index in [-0.39, 0.29) is 6.10 Å². The lowest BCUT2D eigenvalue weighted by molar-refractivity contribution is 0.163. The van der Waals surface area contributed by atoms with Crippen LogP contribution in [0.25, 0.3) is 0 Å². The summed E-state index contributed by atoms with van der Waals surface area (Å²) in [5.41, 5.74) is 0.996. The quantitative estimate of drug-likeness (QED) is 0.855. The van der Waals surface area contributed by atoms with Crippen LogP contribution in [0.5, 0.6) is 0 Å². The van der Waals surface area contributed by atoms with Crippen molar-refractivity contribution in [1.82, 2.24) is 0 Å². The van der Waals surface area contributed by atoms with E-state index in [4.69, 9.17) is 0 Å². The van der Waals surface area contributed by atoms with Gasteiger partial charge >= 0.3 is 0 Å². The minimum Gasteiger partial charge on any atom is -0.388 e. The van der Waals surface area contributed by atoms with Gasteiger partial charge in [-0.15, -0.1) is 0 Å². The first kappa shape index (κ1) is 10.7. The van der Waals surface area contributed by atoms with Crippen LogP contribution in [-0.4, -0.2) is 5.11 Å². The molecule has 0 heterocycles. The van der Waals surface area contributed by atoms with Gasteiger partial charge in [-0.25, -0.2) is 0 Å². The highest BCUT2D eigenvalue weighted by Gasteiger charge is 2.08. The number of unbranched alkanes of at least 4 members (excludes halogenated alkanes) is 1. The molecule has 0 bridgehead atoms. The number of benzene rings is 1. The fraction of sp³-hybridized carbons (Fsp3) is 0.455. The van der Waals surface area contributed by atoms with Gasteiger partial charge in [0.2, 0.25) is 0 Å². The second-order valence-electron chi connectivity index (χ2n) is 3.18. The molecule has 0 aromatic heterocycles. The fourth-order valence-electron chi connectivity index (χ4n) is 1.30. The SMILES string of the molecule is CCCC[C@@H](O)c1ccccc1Br. The van der Waals surface area contributed by atoms with Crippen molar-refractivity contribution in [2.45, 2.75) is 32.3 Å². The van der Waals surface area contributed by atoms with E-state index in [0.29, 0.717) is 0 Å². The Morgan fingerprint density at radius 1 is 1.38 bits per heavy atom. The predicted molar refractivity (Wildman–Crippen MR) is 58.6 cm³/mol. The summed E-state index contributed by atoms with van der Waals surface area (Å²) in [6.45, 7) is 2.13. The second-order valence-corrected chi connectivity index (χ2v) is 4.03. The molecule has 1 atom stereocenters. The van der Waals surface area contributed by atoms with E-state index in [0.717, 1.165) is 29.3 Å². The number of aliphatic hydroxyl groups excluding tert-OH is 1. The van der Waals surface area contributed by atoms with Gasteiger partial charge in [0.25, 0.3) is 0 Å². The number of halogens is 1. The molecule has 1 N–H and O–H groups in total. The van der Waals surface area contributed by atoms with Gasteiger partial charge in [-0.05, 0) is 18.1 Å². The average molecular weight is 243 g/mol. The zero-order valence-corrected chi connectivity index (χ0v) is 9.42. The van der Waals surface area contributed by atoms with E-state index in [9.17, 15) is 5.11 Å². The van der Waals surface area contributed by atoms with E-state index >= 15 is 0 Å². The number of hydrogen-bond acceptors (Lipinski definition) is 1. The molecule has 1 rings (SSSR count). The molecule has 0 radical (unpaired) electrons. The van der Waals surface area contributed by atoms with E-state index in [2.05, 4.69) is 22.9 Å². The standard InChI is InChI=1S/C11H15BrO/c1-2-3-8-11(13)9-6-4-5-7-10(9)12/h4-7,11,13H,2-3,8H2,1H3/t11-/m1/s1. The molecule has 0 aliphatic carbocycles. The van der Waals surface area contributed by atoms with Crippen LogP contribution in [0, 0.1) is 0 Å². The van der Waals surface area contributed by atoms with Crippen molar-refractivity contribution in [3.63, 3.8) is 0 Å². The van der Waals surface area contributed by atoms with Crippen LogP contribution in [0.15, 0.2) is 28.7 Å². The van der Waals surface area contributed by atoms with Gasteiger partial charge in [-0.2, -0.15) is 0 Å². The molecule has 1 aromatic rings. The number of rotatable bonds is 4. The minimum absolute atomic E-state index is 0.324. The second kappa shape index (κ2) is 5.40. The van der Waals surface area contributed by atoms with Crippen LogP contribution in [0.1, 0.15) is 37.9 Å². The van der Waals surface area contributed by atoms with Gasteiger partial charge in [0.05, 0.1) is 6.10 Å². The maximum Gasteiger partial charge on any atom is 0.0800 e. The summed E-state index contributed by atoms with van der Waals surface area (Å²) in [6.07, 6.45) is 2.72. The Kier molecular flexibility index (Phi) is 4.46. The molecule has 0 aliphatic heterocycles. The lowest BCUT2D eigenvalue weighted by atomic mass is 10.0. The molecule has 72 valence electrons. The average Bonchev–Trinajstić information content (AvgIpc) is 2.15. The molecular formula is C11H15BrO. The Balaban J connectivity index is 2.65. The first-order valence-electron chi connectivity index (χ1n) is 4.68. The van der Waals surface area contributed by atoms with E-state index in [1.54, 1.807) is 0 Å². The van der Waals surface area contributed by atoms with Gasteiger partial charge in [0, 0.05) is 4.47 Å². The van der Waals surface area contributed by atoms with Crippen molar-refractivity contribution >= 4 is 15.9 Å². The maximum atomic E-state index is 9.80. The summed E-state index contributed by atoms with van der Waals surface area (Å²) >= 11 is 3.43. The summed E-state index contributed by atoms with van der Waals surface area (Å²) < 4.78 is 0.999. The molecule has 0 saturated carbocycles. The smallest absolute Gasteiger partial charge is 0.0800 e. The zero-order valence-electron chi connectivity index (χ0n) is 7.83. The van der Waals surface area contributed by atoms with Crippen LogP contribution < -0.4 is 0 Å². The van der Waals surface area contributed by atoms with Crippen LogP contribution in [-0.2, 0) is 0 Å². The lowest BCUT2D eigenvalue weighted by Crippen LogP contribution is -1.97. The van der Waals surface area contributed by atoms with Crippen molar-refractivity contribution in [3.05, 3.63) is 34.3 Å². The molecule has 1 nitrogen and oxygen atoms in total. The minimum atomic E-state index is -0.324. The molecule has 0 spiro atoms. The Labute approximate surface area is 87.9 Å². The third-order valence-corrected chi connectivity index (χ3v) is 2.82. The zero-order chi connectivity index (χ0) is 9.68. The highest BCUT2D eigenvalue weighted by atomic mass is 79.9. The molecule has 0 fully saturated rings. The van der Waals surface area contributed by atoms with Crippen molar-refractivity contribution in [3.8, 4) is 0 Å². The first-order valence-corrected chi connectivity index (χ1v) is 5.47. The van der Waals surface area contributed by atoms with Crippen LogP contribution >= 0.6 is 15.9 Å². The van der Waals surface area contributed by atoms with E-state index < -0.39 is 0 Å². The van der Waals surface area contributed by atoms with Crippen molar-refractivity contribution < 1.29 is 5.11 Å². The third-order valence-electron chi connectivity index (χ3n) is 2.10. The van der Waals surface area contributed by atoms with Crippen molar-refractivity contribution in [2.24, 2.45) is 0 Å². The Morgan fingerprint density at radius 3 is 2.69 bits per heavy atom. The molecule has 13 heavy (non-hydrogen) atoms. The molecular weight excluding hydrogens is 228 g/mol. The topological polar surface area (TPSA) is 20.2 Å². The summed E-state index contributed by atoms with van der Waals surface area (Å²) in [6, 6.07) is 7.84. The van der Waals surface area contributed by atoms with Crippen LogP contribution in [0.3, 0.4) is 0 Å². The highest BCUT2D eigenvalue weighted by Crippen LogP contribution is 2.26. The summed E-state index contributed by atoms with van der Waals surface area (Å²) in [5.74, 6) is 0. The van der Waals surface area contributed by atoms with Gasteiger partial charge in [0.15, 0.2) is 0 Å². The van der Waals surface area contributed by atoms with Gasteiger partial charge in [-0.1, -0.05) is 53.9 Å². The predicted octanol–water partition coefficient (Wildman–Crippen LogP) is 3.67. The van der Waals surface area contributed by atoms with E-state index in [1.165, 1.54) is 0 Å². The van der Waals surface area contributed by atoms with Gasteiger partial charge < -0.3 is 5.11 Å². The molecule has 0 saturated heterocycles. The third kappa shape index (κ3) is 3.12. The molecule has 0 unspecified atom stereocenters. The van der Waals surface area contributed by atoms with Crippen molar-refractivity contribution in [2.75, 3.05) is 0 Å². The fourth-order valence-corrected chi connectivity index (χ4v) is 1.85. The van der Waals surface area contributed by atoms with Gasteiger partial charge in [-0.3, -0.25) is 0 Å². The lowest BCUT2D eigenvalue weighted by Gasteiger charge is -2.11. The van der Waals surface area contributed by atoms with Gasteiger partial charge in [0.1, 0.15) is 0 Å². The molecule has 1 aromatic carbocycles. The van der Waals surface area contributed by atoms with Crippen molar-refractivity contribution in [1.29, 1.82) is 0 Å². The first-order chi connectivity index (χ1) is 6.25. The molecule has 0 aliphatic rings. The largest absolute Gasteiger partial charge is 0.388 e. The summed E-state index contributed by atoms with van der Waals surface area (Å²) in [5, 5.41) is 9.80. The van der Waals surface area contributed by atoms with Crippen LogP contribution in [0.4, 0.5) is 0 Å². The summed E-state index contributed by atoms with van der Waals surface area (Å²) in [4.78, 5) is 0. The summed E-state index contributed by atoms with van der Waals surface area (Å²) in [7, 11) is 0. The van der Waals surface area contributed by atoms with Crippen LogP contribution in [0.2, 0.25) is 0 Å². The molecule has 2 heteroatoms. The number of aliphatic hydroxyl groups is 1.